The summed E-state index contributed by atoms with van der Waals surface area (Å²) in [4.78, 5) is 1.21. The van der Waals surface area contributed by atoms with Crippen molar-refractivity contribution in [3.63, 3.8) is 0 Å². The van der Waals surface area contributed by atoms with Crippen LogP contribution in [0.15, 0.2) is 0 Å². The molecular weight excluding hydrogens is 244 g/mol. The smallest absolute Gasteiger partial charge is 0.0829 e. The molecule has 4 nitrogen and oxygen atoms in total. The molecule has 0 amide bonds. The first kappa shape index (κ1) is 15.5. The molecule has 0 bridgehead atoms. The molecule has 0 spiro atoms. The van der Waals surface area contributed by atoms with Crippen molar-refractivity contribution in [2.45, 2.75) is 71.3 Å². The lowest BCUT2D eigenvalue weighted by Gasteiger charge is -2.15. The Morgan fingerprint density at radius 3 is 2.56 bits per heavy atom. The molecule has 0 radical (unpaired) electrons. The molecule has 1 rings (SSSR count). The average Bonchev–Trinajstić information content (AvgIpc) is 2.83. The highest BCUT2D eigenvalue weighted by molar-refractivity contribution is 7.05. The lowest BCUT2D eigenvalue weighted by Crippen LogP contribution is -2.28. The maximum atomic E-state index is 5.68. The molecule has 1 aromatic heterocycles. The Morgan fingerprint density at radius 1 is 1.22 bits per heavy atom. The minimum atomic E-state index is 0.212. The lowest BCUT2D eigenvalue weighted by atomic mass is 10.0. The highest BCUT2D eigenvalue weighted by Gasteiger charge is 2.19. The molecule has 0 aliphatic rings. The van der Waals surface area contributed by atoms with Gasteiger partial charge in [-0.15, -0.1) is 5.10 Å². The SMILES string of the molecule is CCCCCCCC(NN)c1snnc1C(C)C. The molecule has 1 aromatic rings. The Morgan fingerprint density at radius 2 is 1.94 bits per heavy atom. The van der Waals surface area contributed by atoms with Gasteiger partial charge in [0.1, 0.15) is 0 Å². The van der Waals surface area contributed by atoms with Crippen molar-refractivity contribution in [2.75, 3.05) is 0 Å². The third kappa shape index (κ3) is 4.63. The van der Waals surface area contributed by atoms with E-state index in [-0.39, 0.29) is 6.04 Å². The van der Waals surface area contributed by atoms with Gasteiger partial charge < -0.3 is 0 Å². The molecule has 5 heteroatoms. The maximum Gasteiger partial charge on any atom is 0.0829 e. The molecule has 0 saturated carbocycles. The minimum absolute atomic E-state index is 0.212. The van der Waals surface area contributed by atoms with Gasteiger partial charge in [-0.05, 0) is 23.9 Å². The van der Waals surface area contributed by atoms with Gasteiger partial charge in [0, 0.05) is 0 Å². The van der Waals surface area contributed by atoms with E-state index in [9.17, 15) is 0 Å². The second-order valence-electron chi connectivity index (χ2n) is 5.10. The molecule has 1 heterocycles. The Balaban J connectivity index is 2.47. The number of nitrogens with two attached hydrogens (primary N) is 1. The zero-order chi connectivity index (χ0) is 13.4. The van der Waals surface area contributed by atoms with Gasteiger partial charge >= 0.3 is 0 Å². The highest BCUT2D eigenvalue weighted by Crippen LogP contribution is 2.29. The highest BCUT2D eigenvalue weighted by atomic mass is 32.1. The van der Waals surface area contributed by atoms with E-state index < -0.39 is 0 Å². The molecule has 18 heavy (non-hydrogen) atoms. The van der Waals surface area contributed by atoms with Crippen LogP contribution in [-0.2, 0) is 0 Å². The molecule has 1 atom stereocenters. The molecule has 0 aromatic carbocycles. The van der Waals surface area contributed by atoms with Crippen LogP contribution in [0.1, 0.15) is 81.8 Å². The lowest BCUT2D eigenvalue weighted by molar-refractivity contribution is 0.480. The summed E-state index contributed by atoms with van der Waals surface area (Å²) in [5, 5.41) is 4.22. The zero-order valence-corrected chi connectivity index (χ0v) is 12.6. The van der Waals surface area contributed by atoms with E-state index in [1.165, 1.54) is 48.5 Å². The molecule has 0 fully saturated rings. The first-order chi connectivity index (χ1) is 8.70. The van der Waals surface area contributed by atoms with Crippen LogP contribution in [-0.4, -0.2) is 9.59 Å². The first-order valence-electron chi connectivity index (χ1n) is 6.99. The van der Waals surface area contributed by atoms with Gasteiger partial charge in [0.2, 0.25) is 0 Å². The standard InChI is InChI=1S/C13H26N4S/c1-4-5-6-7-8-9-11(15-14)13-12(10(2)3)16-17-18-13/h10-11,15H,4-9,14H2,1-3H3. The Bertz CT molecular complexity index is 325. The van der Waals surface area contributed by atoms with Crippen LogP contribution in [0.4, 0.5) is 0 Å². The molecule has 0 aliphatic heterocycles. The summed E-state index contributed by atoms with van der Waals surface area (Å²) >= 11 is 1.48. The summed E-state index contributed by atoms with van der Waals surface area (Å²) in [6, 6.07) is 0.212. The minimum Gasteiger partial charge on any atom is -0.271 e. The molecule has 1 unspecified atom stereocenters. The quantitative estimate of drug-likeness (QED) is 0.409. The van der Waals surface area contributed by atoms with Crippen molar-refractivity contribution in [1.82, 2.24) is 15.0 Å². The van der Waals surface area contributed by atoms with Crippen LogP contribution in [0, 0.1) is 0 Å². The topological polar surface area (TPSA) is 63.8 Å². The van der Waals surface area contributed by atoms with Gasteiger partial charge in [-0.2, -0.15) is 0 Å². The number of hydrazine groups is 1. The summed E-state index contributed by atoms with van der Waals surface area (Å²) < 4.78 is 4.07. The average molecular weight is 270 g/mol. The second-order valence-corrected chi connectivity index (χ2v) is 5.88. The molecule has 0 saturated heterocycles. The number of hydrogen-bond donors (Lipinski definition) is 2. The maximum absolute atomic E-state index is 5.68. The number of nitrogens with zero attached hydrogens (tertiary/aromatic N) is 2. The third-order valence-corrected chi connectivity index (χ3v) is 4.05. The third-order valence-electron chi connectivity index (χ3n) is 3.20. The van der Waals surface area contributed by atoms with E-state index in [0.717, 1.165) is 12.1 Å². The van der Waals surface area contributed by atoms with Crippen LogP contribution in [0.25, 0.3) is 0 Å². The largest absolute Gasteiger partial charge is 0.271 e. The van der Waals surface area contributed by atoms with E-state index >= 15 is 0 Å². The summed E-state index contributed by atoms with van der Waals surface area (Å²) in [6.45, 7) is 6.53. The summed E-state index contributed by atoms with van der Waals surface area (Å²) in [6.07, 6.45) is 7.52. The fourth-order valence-electron chi connectivity index (χ4n) is 2.09. The second kappa shape index (κ2) is 8.56. The molecule has 0 aliphatic carbocycles. The number of hydrogen-bond acceptors (Lipinski definition) is 5. The van der Waals surface area contributed by atoms with Crippen LogP contribution >= 0.6 is 11.5 Å². The van der Waals surface area contributed by atoms with Crippen LogP contribution in [0.2, 0.25) is 0 Å². The van der Waals surface area contributed by atoms with E-state index in [1.54, 1.807) is 0 Å². The number of aromatic nitrogens is 2. The van der Waals surface area contributed by atoms with Crippen molar-refractivity contribution in [3.8, 4) is 0 Å². The predicted molar refractivity (Wildman–Crippen MR) is 77.4 cm³/mol. The summed E-state index contributed by atoms with van der Waals surface area (Å²) in [7, 11) is 0. The first-order valence-corrected chi connectivity index (χ1v) is 7.76. The van der Waals surface area contributed by atoms with Crippen LogP contribution in [0.5, 0.6) is 0 Å². The van der Waals surface area contributed by atoms with Crippen molar-refractivity contribution in [2.24, 2.45) is 5.84 Å². The van der Waals surface area contributed by atoms with Gasteiger partial charge in [0.05, 0.1) is 16.6 Å². The van der Waals surface area contributed by atoms with Crippen molar-refractivity contribution >= 4 is 11.5 Å². The van der Waals surface area contributed by atoms with Crippen molar-refractivity contribution < 1.29 is 0 Å². The summed E-state index contributed by atoms with van der Waals surface area (Å²) in [5.41, 5.74) is 4.02. The monoisotopic (exact) mass is 270 g/mol. The molecule has 104 valence electrons. The number of unbranched alkanes of at least 4 members (excludes halogenated alkanes) is 4. The van der Waals surface area contributed by atoms with Crippen LogP contribution < -0.4 is 11.3 Å². The van der Waals surface area contributed by atoms with Gasteiger partial charge in [-0.25, -0.2) is 0 Å². The van der Waals surface area contributed by atoms with Gasteiger partial charge in [-0.3, -0.25) is 11.3 Å². The summed E-state index contributed by atoms with van der Waals surface area (Å²) in [5.74, 6) is 6.09. The van der Waals surface area contributed by atoms with Crippen molar-refractivity contribution in [1.29, 1.82) is 0 Å². The van der Waals surface area contributed by atoms with Crippen LogP contribution in [0.3, 0.4) is 0 Å². The Hall–Kier alpha value is -0.520. The zero-order valence-electron chi connectivity index (χ0n) is 11.8. The van der Waals surface area contributed by atoms with Gasteiger partial charge in [0.25, 0.3) is 0 Å². The van der Waals surface area contributed by atoms with Crippen molar-refractivity contribution in [3.05, 3.63) is 10.6 Å². The number of rotatable bonds is 9. The predicted octanol–water partition coefficient (Wildman–Crippen LogP) is 3.53. The van der Waals surface area contributed by atoms with E-state index in [2.05, 4.69) is 35.8 Å². The molecular formula is C13H26N4S. The van der Waals surface area contributed by atoms with Gasteiger partial charge in [0.15, 0.2) is 0 Å². The van der Waals surface area contributed by atoms with E-state index in [1.807, 2.05) is 0 Å². The normalized spacial score (nSPS) is 13.2. The Labute approximate surface area is 114 Å². The number of nitrogens with one attached hydrogen (secondary N) is 1. The fourth-order valence-corrected chi connectivity index (χ4v) is 2.99. The van der Waals surface area contributed by atoms with Gasteiger partial charge in [-0.1, -0.05) is 57.4 Å². The molecule has 3 N–H and O–H groups in total. The Kier molecular flexibility index (Phi) is 7.39. The van der Waals surface area contributed by atoms with E-state index in [0.29, 0.717) is 5.92 Å². The fraction of sp³-hybridized carbons (Fsp3) is 0.846. The van der Waals surface area contributed by atoms with E-state index in [4.69, 9.17) is 5.84 Å².